The van der Waals surface area contributed by atoms with E-state index in [2.05, 4.69) is 4.98 Å². The van der Waals surface area contributed by atoms with Gasteiger partial charge in [0.05, 0.1) is 16.9 Å². The second-order valence-electron chi connectivity index (χ2n) is 4.97. The van der Waals surface area contributed by atoms with Crippen LogP contribution in [0.3, 0.4) is 0 Å². The molecule has 102 valence electrons. The van der Waals surface area contributed by atoms with E-state index in [4.69, 9.17) is 11.6 Å². The molecule has 19 heavy (non-hydrogen) atoms. The van der Waals surface area contributed by atoms with Gasteiger partial charge in [0.25, 0.3) is 0 Å². The van der Waals surface area contributed by atoms with Crippen molar-refractivity contribution in [2.75, 3.05) is 0 Å². The van der Waals surface area contributed by atoms with Crippen molar-refractivity contribution >= 4 is 22.6 Å². The first-order chi connectivity index (χ1) is 8.90. The van der Waals surface area contributed by atoms with E-state index in [9.17, 15) is 13.2 Å². The summed E-state index contributed by atoms with van der Waals surface area (Å²) < 4.78 is 41.2. The fourth-order valence-corrected chi connectivity index (χ4v) is 2.79. The minimum absolute atomic E-state index is 0.0219. The van der Waals surface area contributed by atoms with Gasteiger partial charge in [-0.15, -0.1) is 11.6 Å². The first-order valence-electron chi connectivity index (χ1n) is 6.01. The van der Waals surface area contributed by atoms with E-state index in [1.807, 2.05) is 13.0 Å². The molecule has 1 aromatic carbocycles. The molecule has 0 aliphatic heterocycles. The van der Waals surface area contributed by atoms with Crippen LogP contribution in [0, 0.1) is 6.92 Å². The molecule has 0 atom stereocenters. The lowest BCUT2D eigenvalue weighted by molar-refractivity contribution is -0.179. The molecule has 1 aliphatic carbocycles. The number of alkyl halides is 4. The number of nitrogens with zero attached hydrogens (tertiary/aromatic N) is 2. The highest BCUT2D eigenvalue weighted by Crippen LogP contribution is 2.57. The predicted octanol–water partition coefficient (Wildman–Crippen LogP) is 4.13. The average Bonchev–Trinajstić information content (AvgIpc) is 3.05. The normalized spacial score (nSPS) is 17.9. The van der Waals surface area contributed by atoms with Crippen molar-refractivity contribution in [3.63, 3.8) is 0 Å². The quantitative estimate of drug-likeness (QED) is 0.760. The van der Waals surface area contributed by atoms with Gasteiger partial charge in [0.2, 0.25) is 0 Å². The Labute approximate surface area is 113 Å². The van der Waals surface area contributed by atoms with E-state index < -0.39 is 11.7 Å². The van der Waals surface area contributed by atoms with Crippen LogP contribution in [0.4, 0.5) is 13.2 Å². The van der Waals surface area contributed by atoms with Gasteiger partial charge in [-0.2, -0.15) is 13.2 Å². The van der Waals surface area contributed by atoms with Crippen molar-refractivity contribution in [1.29, 1.82) is 0 Å². The topological polar surface area (TPSA) is 17.8 Å². The molecule has 1 aromatic heterocycles. The summed E-state index contributed by atoms with van der Waals surface area (Å²) in [5, 5.41) is 0. The van der Waals surface area contributed by atoms with Crippen LogP contribution in [-0.4, -0.2) is 15.7 Å². The molecule has 2 nitrogen and oxygen atoms in total. The Morgan fingerprint density at radius 1 is 1.37 bits per heavy atom. The maximum absolute atomic E-state index is 13.3. The summed E-state index contributed by atoms with van der Waals surface area (Å²) in [6.07, 6.45) is -4.08. The van der Waals surface area contributed by atoms with Crippen molar-refractivity contribution in [3.05, 3.63) is 29.6 Å². The molecule has 0 radical (unpaired) electrons. The Balaban J connectivity index is 2.32. The second-order valence-corrected chi connectivity index (χ2v) is 5.24. The number of aryl methyl sites for hydroxylation is 1. The van der Waals surface area contributed by atoms with Gasteiger partial charge in [-0.1, -0.05) is 12.1 Å². The first kappa shape index (κ1) is 12.8. The van der Waals surface area contributed by atoms with Crippen molar-refractivity contribution in [2.45, 2.75) is 37.4 Å². The Bertz CT molecular complexity index is 641. The number of halogens is 4. The van der Waals surface area contributed by atoms with Gasteiger partial charge in [0, 0.05) is 0 Å². The van der Waals surface area contributed by atoms with Crippen LogP contribution < -0.4 is 0 Å². The molecule has 1 saturated carbocycles. The number of rotatable bonds is 2. The monoisotopic (exact) mass is 288 g/mol. The highest BCUT2D eigenvalue weighted by molar-refractivity contribution is 6.16. The minimum Gasteiger partial charge on any atom is -0.311 e. The summed E-state index contributed by atoms with van der Waals surface area (Å²) in [5.41, 5.74) is 0.180. The summed E-state index contributed by atoms with van der Waals surface area (Å²) in [5.74, 6) is 0.271. The van der Waals surface area contributed by atoms with Gasteiger partial charge >= 0.3 is 6.18 Å². The third-order valence-electron chi connectivity index (χ3n) is 3.76. The molecular weight excluding hydrogens is 277 g/mol. The number of aromatic nitrogens is 2. The highest BCUT2D eigenvalue weighted by Gasteiger charge is 2.65. The van der Waals surface area contributed by atoms with Crippen molar-refractivity contribution in [1.82, 2.24) is 9.55 Å². The molecule has 3 rings (SSSR count). The lowest BCUT2D eigenvalue weighted by atomic mass is 10.2. The maximum atomic E-state index is 13.3. The Morgan fingerprint density at radius 2 is 2.05 bits per heavy atom. The van der Waals surface area contributed by atoms with Crippen LogP contribution in [0.1, 0.15) is 24.2 Å². The smallest absolute Gasteiger partial charge is 0.311 e. The van der Waals surface area contributed by atoms with Crippen LogP contribution in [0.25, 0.3) is 11.0 Å². The predicted molar refractivity (Wildman–Crippen MR) is 67.3 cm³/mol. The Morgan fingerprint density at radius 3 is 2.58 bits per heavy atom. The fourth-order valence-electron chi connectivity index (χ4n) is 2.61. The van der Waals surface area contributed by atoms with Gasteiger partial charge < -0.3 is 4.57 Å². The minimum atomic E-state index is -4.27. The molecule has 0 unspecified atom stereocenters. The van der Waals surface area contributed by atoms with E-state index in [0.717, 1.165) is 5.56 Å². The number of hydrogen-bond donors (Lipinski definition) is 0. The first-order valence-corrected chi connectivity index (χ1v) is 6.54. The third-order valence-corrected chi connectivity index (χ3v) is 3.99. The van der Waals surface area contributed by atoms with Gasteiger partial charge in [0.15, 0.2) is 0 Å². The zero-order valence-electron chi connectivity index (χ0n) is 10.3. The highest BCUT2D eigenvalue weighted by atomic mass is 35.5. The van der Waals surface area contributed by atoms with E-state index >= 15 is 0 Å². The second kappa shape index (κ2) is 3.88. The molecule has 2 aromatic rings. The van der Waals surface area contributed by atoms with Crippen molar-refractivity contribution < 1.29 is 13.2 Å². The molecule has 0 N–H and O–H groups in total. The van der Waals surface area contributed by atoms with Gasteiger partial charge in [-0.05, 0) is 31.4 Å². The van der Waals surface area contributed by atoms with Crippen LogP contribution in [0.5, 0.6) is 0 Å². The molecule has 0 bridgehead atoms. The molecular formula is C13H12ClF3N2. The SMILES string of the molecule is Cc1cccc2c1nc(CCl)n2C1(C(F)(F)F)CC1. The molecule has 0 saturated heterocycles. The number of fused-ring (bicyclic) bond motifs is 1. The molecule has 1 heterocycles. The summed E-state index contributed by atoms with van der Waals surface area (Å²) in [7, 11) is 0. The molecule has 0 amide bonds. The Hall–Kier alpha value is -1.23. The van der Waals surface area contributed by atoms with Crippen molar-refractivity contribution in [3.8, 4) is 0 Å². The summed E-state index contributed by atoms with van der Waals surface area (Å²) in [6, 6.07) is 5.27. The zero-order chi connectivity index (χ0) is 13.8. The van der Waals surface area contributed by atoms with Crippen LogP contribution in [-0.2, 0) is 11.4 Å². The number of benzene rings is 1. The van der Waals surface area contributed by atoms with Crippen LogP contribution in [0.15, 0.2) is 18.2 Å². The lowest BCUT2D eigenvalue weighted by Crippen LogP contribution is -2.35. The zero-order valence-corrected chi connectivity index (χ0v) is 11.0. The number of para-hydroxylation sites is 1. The third kappa shape index (κ3) is 1.67. The molecule has 0 spiro atoms. The Kier molecular flexibility index (Phi) is 2.61. The molecule has 1 aliphatic rings. The fraction of sp³-hybridized carbons (Fsp3) is 0.462. The van der Waals surface area contributed by atoms with Crippen molar-refractivity contribution in [2.24, 2.45) is 0 Å². The summed E-state index contributed by atoms with van der Waals surface area (Å²) >= 11 is 5.79. The van der Waals surface area contributed by atoms with Crippen LogP contribution in [0.2, 0.25) is 0 Å². The molecule has 1 fully saturated rings. The summed E-state index contributed by atoms with van der Waals surface area (Å²) in [4.78, 5) is 4.28. The van der Waals surface area contributed by atoms with E-state index in [1.54, 1.807) is 12.1 Å². The number of hydrogen-bond acceptors (Lipinski definition) is 1. The maximum Gasteiger partial charge on any atom is 0.412 e. The average molecular weight is 289 g/mol. The molecule has 6 heteroatoms. The lowest BCUT2D eigenvalue weighted by Gasteiger charge is -2.23. The van der Waals surface area contributed by atoms with Gasteiger partial charge in [-0.3, -0.25) is 0 Å². The standard InChI is InChI=1S/C13H12ClF3N2/c1-8-3-2-4-9-11(8)18-10(7-14)19(9)12(5-6-12)13(15,16)17/h2-4H,5-7H2,1H3. The van der Waals surface area contributed by atoms with E-state index in [-0.39, 0.29) is 18.7 Å². The number of imidazole rings is 1. The van der Waals surface area contributed by atoms with Gasteiger partial charge in [0.1, 0.15) is 11.4 Å². The summed E-state index contributed by atoms with van der Waals surface area (Å²) in [6.45, 7) is 1.84. The van der Waals surface area contributed by atoms with Crippen LogP contribution >= 0.6 is 11.6 Å². The van der Waals surface area contributed by atoms with E-state index in [1.165, 1.54) is 4.57 Å². The van der Waals surface area contributed by atoms with E-state index in [0.29, 0.717) is 16.9 Å². The largest absolute Gasteiger partial charge is 0.412 e. The van der Waals surface area contributed by atoms with Gasteiger partial charge in [-0.25, -0.2) is 4.98 Å².